The number of nitrogens with zero attached hydrogens (tertiary/aromatic N) is 5. The number of hydrogen-bond donors (Lipinski definition) is 2. The Morgan fingerprint density at radius 1 is 1.18 bits per heavy atom. The average molecular weight is 463 g/mol. The number of carbonyl (C=O) groups excluding carboxylic acids is 2. The largest absolute Gasteiger partial charge is 0.372 e. The van der Waals surface area contributed by atoms with Crippen molar-refractivity contribution in [3.63, 3.8) is 0 Å². The van der Waals surface area contributed by atoms with Gasteiger partial charge >= 0.3 is 0 Å². The Morgan fingerprint density at radius 3 is 2.74 bits per heavy atom. The summed E-state index contributed by atoms with van der Waals surface area (Å²) in [5.41, 5.74) is 3.63. The van der Waals surface area contributed by atoms with E-state index in [-0.39, 0.29) is 11.8 Å². The average Bonchev–Trinajstić information content (AvgIpc) is 3.44. The third-order valence-electron chi connectivity index (χ3n) is 7.09. The normalized spacial score (nSPS) is 23.1. The van der Waals surface area contributed by atoms with Crippen LogP contribution >= 0.6 is 0 Å². The Labute approximate surface area is 199 Å². The van der Waals surface area contributed by atoms with E-state index in [9.17, 15) is 14.7 Å². The van der Waals surface area contributed by atoms with Crippen LogP contribution in [0.2, 0.25) is 0 Å². The van der Waals surface area contributed by atoms with Crippen molar-refractivity contribution in [3.05, 3.63) is 47.3 Å². The molecule has 2 N–H and O–H groups in total. The van der Waals surface area contributed by atoms with E-state index in [2.05, 4.69) is 32.2 Å². The van der Waals surface area contributed by atoms with Crippen LogP contribution in [-0.2, 0) is 17.9 Å². The molecule has 0 aliphatic carbocycles. The summed E-state index contributed by atoms with van der Waals surface area (Å²) in [5, 5.41) is 17.2. The molecule has 5 rings (SSSR count). The lowest BCUT2D eigenvalue weighted by Crippen LogP contribution is -2.55. The van der Waals surface area contributed by atoms with Gasteiger partial charge in [0.05, 0.1) is 17.8 Å². The second kappa shape index (κ2) is 9.49. The minimum Gasteiger partial charge on any atom is -0.372 e. The summed E-state index contributed by atoms with van der Waals surface area (Å²) in [6, 6.07) is 5.50. The Hall–Kier alpha value is -3.35. The minimum absolute atomic E-state index is 0.0673. The van der Waals surface area contributed by atoms with Gasteiger partial charge in [-0.05, 0) is 25.0 Å². The second-order valence-corrected chi connectivity index (χ2v) is 9.17. The number of nitrogens with one attached hydrogen (secondary N) is 1. The third kappa shape index (κ3) is 4.39. The van der Waals surface area contributed by atoms with Crippen LogP contribution in [0.4, 0.5) is 5.69 Å². The first-order valence-corrected chi connectivity index (χ1v) is 11.9. The topological polar surface area (TPSA) is 93.9 Å². The highest BCUT2D eigenvalue weighted by molar-refractivity contribution is 6.00. The first kappa shape index (κ1) is 22.4. The molecule has 9 nitrogen and oxygen atoms in total. The van der Waals surface area contributed by atoms with E-state index < -0.39 is 12.3 Å². The molecular formula is C25H30N6O3. The van der Waals surface area contributed by atoms with Gasteiger partial charge in [0.2, 0.25) is 5.91 Å². The van der Waals surface area contributed by atoms with Gasteiger partial charge in [-0.3, -0.25) is 19.2 Å². The summed E-state index contributed by atoms with van der Waals surface area (Å²) < 4.78 is 1.90. The highest BCUT2D eigenvalue weighted by Gasteiger charge is 2.40. The third-order valence-corrected chi connectivity index (χ3v) is 7.09. The lowest BCUT2D eigenvalue weighted by molar-refractivity contribution is -0.129. The molecule has 0 spiro atoms. The van der Waals surface area contributed by atoms with Crippen molar-refractivity contribution in [2.24, 2.45) is 0 Å². The molecule has 2 aromatic rings. The number of piperazine rings is 1. The van der Waals surface area contributed by atoms with Gasteiger partial charge < -0.3 is 20.2 Å². The molecule has 2 unspecified atom stereocenters. The maximum Gasteiger partial charge on any atom is 0.254 e. The smallest absolute Gasteiger partial charge is 0.254 e. The Bertz CT molecular complexity index is 1110. The van der Waals surface area contributed by atoms with E-state index in [1.54, 1.807) is 11.1 Å². The predicted molar refractivity (Wildman–Crippen MR) is 127 cm³/mol. The van der Waals surface area contributed by atoms with Crippen molar-refractivity contribution in [1.29, 1.82) is 0 Å². The molecule has 2 saturated heterocycles. The number of terminal acetylenes is 1. The second-order valence-electron chi connectivity index (χ2n) is 9.17. The van der Waals surface area contributed by atoms with Crippen molar-refractivity contribution < 1.29 is 14.7 Å². The number of anilines is 1. The molecule has 0 radical (unpaired) electrons. The highest BCUT2D eigenvalue weighted by atomic mass is 16.3. The van der Waals surface area contributed by atoms with Gasteiger partial charge in [-0.25, -0.2) is 0 Å². The number of carbonyl (C=O) groups is 2. The van der Waals surface area contributed by atoms with Crippen LogP contribution in [-0.4, -0.2) is 81.5 Å². The van der Waals surface area contributed by atoms with Crippen LogP contribution in [0.25, 0.3) is 0 Å². The van der Waals surface area contributed by atoms with Gasteiger partial charge in [-0.15, -0.1) is 6.42 Å². The Balaban J connectivity index is 1.18. The van der Waals surface area contributed by atoms with E-state index in [1.165, 1.54) is 0 Å². The van der Waals surface area contributed by atoms with Gasteiger partial charge in [0.15, 0.2) is 0 Å². The molecule has 3 aliphatic heterocycles. The molecule has 3 aliphatic rings. The number of fused-ring (bicyclic) bond motifs is 1. The summed E-state index contributed by atoms with van der Waals surface area (Å²) in [5.74, 6) is 2.36. The molecule has 2 atom stereocenters. The first-order chi connectivity index (χ1) is 16.5. The summed E-state index contributed by atoms with van der Waals surface area (Å²) >= 11 is 0. The van der Waals surface area contributed by atoms with E-state index in [0.717, 1.165) is 62.5 Å². The summed E-state index contributed by atoms with van der Waals surface area (Å²) in [6.45, 7) is 6.03. The van der Waals surface area contributed by atoms with Crippen molar-refractivity contribution >= 4 is 17.5 Å². The van der Waals surface area contributed by atoms with Crippen LogP contribution in [0.5, 0.6) is 0 Å². The molecule has 178 valence electrons. The van der Waals surface area contributed by atoms with Gasteiger partial charge in [0.1, 0.15) is 6.23 Å². The molecule has 0 saturated carbocycles. The molecule has 9 heteroatoms. The van der Waals surface area contributed by atoms with Crippen molar-refractivity contribution in [2.75, 3.05) is 37.6 Å². The number of amides is 2. The van der Waals surface area contributed by atoms with Gasteiger partial charge in [-0.1, -0.05) is 12.0 Å². The predicted octanol–water partition coefficient (Wildman–Crippen LogP) is 0.630. The van der Waals surface area contributed by atoms with Crippen LogP contribution in [0, 0.1) is 12.3 Å². The zero-order valence-corrected chi connectivity index (χ0v) is 19.2. The molecular weight excluding hydrogens is 432 g/mol. The molecule has 2 fully saturated rings. The maximum atomic E-state index is 13.1. The zero-order valence-electron chi connectivity index (χ0n) is 19.2. The van der Waals surface area contributed by atoms with Crippen molar-refractivity contribution in [3.8, 4) is 12.3 Å². The van der Waals surface area contributed by atoms with Crippen LogP contribution in [0.1, 0.15) is 40.7 Å². The quantitative estimate of drug-likeness (QED) is 0.612. The van der Waals surface area contributed by atoms with Gasteiger partial charge in [-0.2, -0.15) is 5.10 Å². The number of piperidine rings is 1. The fourth-order valence-electron chi connectivity index (χ4n) is 5.23. The Morgan fingerprint density at radius 2 is 2.00 bits per heavy atom. The zero-order chi connectivity index (χ0) is 23.7. The number of rotatable bonds is 6. The summed E-state index contributed by atoms with van der Waals surface area (Å²) in [6.07, 6.45) is 9.81. The molecule has 4 heterocycles. The lowest BCUT2D eigenvalue weighted by atomic mass is 10.0. The number of hydrogen-bond acceptors (Lipinski definition) is 6. The molecule has 1 aromatic carbocycles. The molecule has 0 bridgehead atoms. The van der Waals surface area contributed by atoms with E-state index in [1.807, 2.05) is 23.0 Å². The molecule has 1 aromatic heterocycles. The SMILES string of the molecule is C#Cc1cnn(CCCN2CCN(c3cccc4c3CN(C3CCC(=O)NC3O)C4=O)CC2)c1. The van der Waals surface area contributed by atoms with E-state index in [4.69, 9.17) is 6.42 Å². The standard InChI is InChI=1S/C25H30N6O3/c1-2-18-15-26-30(16-18)10-4-9-28-11-13-29(14-12-28)21-6-3-5-19-20(21)17-31(25(19)34)22-7-8-23(32)27-24(22)33/h1,3,5-6,15-16,22,24,33H,4,7-14,17H2,(H,27,32). The monoisotopic (exact) mass is 462 g/mol. The number of aliphatic hydroxyl groups is 1. The molecule has 34 heavy (non-hydrogen) atoms. The number of aliphatic hydroxyl groups excluding tert-OH is 1. The van der Waals surface area contributed by atoms with Crippen molar-refractivity contribution in [2.45, 2.75) is 44.6 Å². The number of benzene rings is 1. The fraction of sp³-hybridized carbons (Fsp3) is 0.480. The first-order valence-electron chi connectivity index (χ1n) is 11.9. The lowest BCUT2D eigenvalue weighted by Gasteiger charge is -2.37. The highest BCUT2D eigenvalue weighted by Crippen LogP contribution is 2.35. The van der Waals surface area contributed by atoms with Gasteiger partial charge in [0, 0.05) is 75.2 Å². The van der Waals surface area contributed by atoms with Crippen molar-refractivity contribution in [1.82, 2.24) is 24.9 Å². The van der Waals surface area contributed by atoms with Gasteiger partial charge in [0.25, 0.3) is 5.91 Å². The van der Waals surface area contributed by atoms with E-state index >= 15 is 0 Å². The number of aryl methyl sites for hydroxylation is 1. The Kier molecular flexibility index (Phi) is 6.26. The van der Waals surface area contributed by atoms with Crippen LogP contribution in [0.15, 0.2) is 30.6 Å². The number of aromatic nitrogens is 2. The fourth-order valence-corrected chi connectivity index (χ4v) is 5.23. The molecule has 2 amide bonds. The van der Waals surface area contributed by atoms with E-state index in [0.29, 0.717) is 24.9 Å². The van der Waals surface area contributed by atoms with Crippen LogP contribution in [0.3, 0.4) is 0 Å². The summed E-state index contributed by atoms with van der Waals surface area (Å²) in [7, 11) is 0. The maximum absolute atomic E-state index is 13.1. The summed E-state index contributed by atoms with van der Waals surface area (Å²) in [4.78, 5) is 31.2. The van der Waals surface area contributed by atoms with Crippen LogP contribution < -0.4 is 10.2 Å². The minimum atomic E-state index is -1.02.